The lowest BCUT2D eigenvalue weighted by atomic mass is 10.2. The van der Waals surface area contributed by atoms with Gasteiger partial charge in [-0.1, -0.05) is 39.7 Å². The third kappa shape index (κ3) is 4.50. The molecule has 100 valence electrons. The number of alkyl halides is 1. The fourth-order valence-electron chi connectivity index (χ4n) is 1.41. The van der Waals surface area contributed by atoms with E-state index in [4.69, 9.17) is 16.3 Å². The minimum atomic E-state index is -0.549. The van der Waals surface area contributed by atoms with Gasteiger partial charge in [-0.2, -0.15) is 0 Å². The summed E-state index contributed by atoms with van der Waals surface area (Å²) in [6.07, 6.45) is 0. The molecule has 0 heterocycles. The molecule has 0 radical (unpaired) electrons. The van der Waals surface area contributed by atoms with Gasteiger partial charge in [0.25, 0.3) is 0 Å². The Morgan fingerprint density at radius 1 is 1.44 bits per heavy atom. The summed E-state index contributed by atoms with van der Waals surface area (Å²) in [6, 6.07) is 7.28. The van der Waals surface area contributed by atoms with Gasteiger partial charge >= 0.3 is 0 Å². The summed E-state index contributed by atoms with van der Waals surface area (Å²) < 4.78 is 4.98. The maximum atomic E-state index is 11.9. The van der Waals surface area contributed by atoms with Crippen molar-refractivity contribution >= 4 is 33.4 Å². The second-order valence-electron chi connectivity index (χ2n) is 4.48. The summed E-state index contributed by atoms with van der Waals surface area (Å²) in [6.45, 7) is 4.57. The second-order valence-corrected chi connectivity index (χ2v) is 6.87. The molecule has 0 unspecified atom stereocenters. The van der Waals surface area contributed by atoms with Gasteiger partial charge < -0.3 is 9.64 Å². The summed E-state index contributed by atoms with van der Waals surface area (Å²) in [4.78, 5) is 13.5. The van der Waals surface area contributed by atoms with Crippen molar-refractivity contribution in [3.05, 3.63) is 29.3 Å². The quantitative estimate of drug-likeness (QED) is 0.773. The Hall–Kier alpha value is -0.740. The molecular weight excluding hydrogens is 318 g/mol. The third-order valence-corrected chi connectivity index (χ3v) is 3.03. The Labute approximate surface area is 121 Å². The van der Waals surface area contributed by atoms with Crippen LogP contribution in [0, 0.1) is 0 Å². The molecule has 0 spiro atoms. The Morgan fingerprint density at radius 3 is 2.61 bits per heavy atom. The first kappa shape index (κ1) is 15.3. The zero-order chi connectivity index (χ0) is 13.8. The Bertz CT molecular complexity index is 418. The number of benzene rings is 1. The van der Waals surface area contributed by atoms with Gasteiger partial charge in [-0.25, -0.2) is 0 Å². The van der Waals surface area contributed by atoms with Gasteiger partial charge in [0, 0.05) is 7.05 Å². The average molecular weight is 335 g/mol. The lowest BCUT2D eigenvalue weighted by Crippen LogP contribution is -2.41. The molecular formula is C13H17BrClNO2. The highest BCUT2D eigenvalue weighted by molar-refractivity contribution is 9.10. The predicted octanol–water partition coefficient (Wildman–Crippen LogP) is 3.35. The van der Waals surface area contributed by atoms with Crippen molar-refractivity contribution in [1.82, 2.24) is 4.90 Å². The van der Waals surface area contributed by atoms with Gasteiger partial charge in [-0.3, -0.25) is 4.79 Å². The number of para-hydroxylation sites is 1. The molecule has 0 saturated heterocycles. The van der Waals surface area contributed by atoms with Gasteiger partial charge in [0.05, 0.1) is 15.9 Å². The molecule has 5 heteroatoms. The lowest BCUT2D eigenvalue weighted by molar-refractivity contribution is -0.131. The van der Waals surface area contributed by atoms with Crippen LogP contribution in [0.1, 0.15) is 13.8 Å². The van der Waals surface area contributed by atoms with Crippen LogP contribution in [0.25, 0.3) is 0 Å². The van der Waals surface area contributed by atoms with E-state index in [1.165, 1.54) is 0 Å². The predicted molar refractivity (Wildman–Crippen MR) is 77.6 cm³/mol. The highest BCUT2D eigenvalue weighted by atomic mass is 79.9. The van der Waals surface area contributed by atoms with E-state index in [-0.39, 0.29) is 5.91 Å². The van der Waals surface area contributed by atoms with Crippen LogP contribution in [-0.2, 0) is 4.79 Å². The zero-order valence-corrected chi connectivity index (χ0v) is 13.1. The Morgan fingerprint density at radius 2 is 2.06 bits per heavy atom. The van der Waals surface area contributed by atoms with Gasteiger partial charge in [0.15, 0.2) is 0 Å². The summed E-state index contributed by atoms with van der Waals surface area (Å²) in [5.41, 5.74) is 0. The monoisotopic (exact) mass is 333 g/mol. The molecule has 0 aliphatic rings. The summed E-state index contributed by atoms with van der Waals surface area (Å²) >= 11 is 9.30. The van der Waals surface area contributed by atoms with Crippen LogP contribution in [0.15, 0.2) is 24.3 Å². The molecule has 18 heavy (non-hydrogen) atoms. The zero-order valence-electron chi connectivity index (χ0n) is 10.7. The van der Waals surface area contributed by atoms with Crippen molar-refractivity contribution in [3.63, 3.8) is 0 Å². The second kappa shape index (κ2) is 6.43. The van der Waals surface area contributed by atoms with Crippen LogP contribution in [0.3, 0.4) is 0 Å². The first-order valence-corrected chi connectivity index (χ1v) is 6.81. The van der Waals surface area contributed by atoms with Crippen molar-refractivity contribution in [3.8, 4) is 5.75 Å². The fraction of sp³-hybridized carbons (Fsp3) is 0.462. The minimum absolute atomic E-state index is 0.0188. The van der Waals surface area contributed by atoms with Gasteiger partial charge in [0.2, 0.25) is 5.91 Å². The first-order chi connectivity index (χ1) is 8.32. The lowest BCUT2D eigenvalue weighted by Gasteiger charge is -2.24. The third-order valence-electron chi connectivity index (χ3n) is 2.38. The molecule has 1 aromatic carbocycles. The van der Waals surface area contributed by atoms with Gasteiger partial charge in [-0.15, -0.1) is 0 Å². The molecule has 0 fully saturated rings. The molecule has 1 amide bonds. The fourth-order valence-corrected chi connectivity index (χ4v) is 1.90. The van der Waals surface area contributed by atoms with E-state index >= 15 is 0 Å². The van der Waals surface area contributed by atoms with E-state index in [9.17, 15) is 4.79 Å². The van der Waals surface area contributed by atoms with Crippen LogP contribution >= 0.6 is 27.5 Å². The Balaban J connectivity index is 2.43. The number of rotatable bonds is 5. The van der Waals surface area contributed by atoms with Crippen molar-refractivity contribution in [1.29, 1.82) is 0 Å². The van der Waals surface area contributed by atoms with E-state index in [0.29, 0.717) is 23.9 Å². The highest BCUT2D eigenvalue weighted by Crippen LogP contribution is 2.23. The van der Waals surface area contributed by atoms with Crippen LogP contribution in [0.5, 0.6) is 5.75 Å². The largest absolute Gasteiger partial charge is 0.490 e. The molecule has 0 atom stereocenters. The molecule has 0 aliphatic carbocycles. The number of likely N-dealkylation sites (N-methyl/N-ethyl adjacent to an activating group) is 1. The number of ether oxygens (including phenoxy) is 1. The molecule has 0 aliphatic heterocycles. The van der Waals surface area contributed by atoms with E-state index in [1.54, 1.807) is 24.1 Å². The molecule has 0 saturated carbocycles. The van der Waals surface area contributed by atoms with Crippen molar-refractivity contribution < 1.29 is 9.53 Å². The smallest absolute Gasteiger partial charge is 0.238 e. The molecule has 0 bridgehead atoms. The van der Waals surface area contributed by atoms with Crippen LogP contribution < -0.4 is 4.74 Å². The van der Waals surface area contributed by atoms with Crippen LogP contribution in [0.2, 0.25) is 5.02 Å². The number of carbonyl (C=O) groups is 1. The highest BCUT2D eigenvalue weighted by Gasteiger charge is 2.26. The van der Waals surface area contributed by atoms with Crippen molar-refractivity contribution in [2.24, 2.45) is 0 Å². The van der Waals surface area contributed by atoms with Gasteiger partial charge in [-0.05, 0) is 26.0 Å². The number of halogens is 2. The number of nitrogens with zero attached hydrogens (tertiary/aromatic N) is 1. The van der Waals surface area contributed by atoms with Crippen LogP contribution in [-0.4, -0.2) is 35.3 Å². The van der Waals surface area contributed by atoms with Gasteiger partial charge in [0.1, 0.15) is 12.4 Å². The van der Waals surface area contributed by atoms with E-state index in [2.05, 4.69) is 15.9 Å². The van der Waals surface area contributed by atoms with Crippen LogP contribution in [0.4, 0.5) is 0 Å². The summed E-state index contributed by atoms with van der Waals surface area (Å²) in [7, 11) is 1.75. The molecule has 0 aromatic heterocycles. The first-order valence-electron chi connectivity index (χ1n) is 5.64. The molecule has 1 rings (SSSR count). The average Bonchev–Trinajstić information content (AvgIpc) is 2.29. The number of amides is 1. The topological polar surface area (TPSA) is 29.5 Å². The van der Waals surface area contributed by atoms with Crippen molar-refractivity contribution in [2.75, 3.05) is 20.2 Å². The Kier molecular flexibility index (Phi) is 5.47. The van der Waals surface area contributed by atoms with E-state index < -0.39 is 4.32 Å². The summed E-state index contributed by atoms with van der Waals surface area (Å²) in [5.74, 6) is 0.656. The summed E-state index contributed by atoms with van der Waals surface area (Å²) in [5, 5.41) is 0.576. The number of hydrogen-bond donors (Lipinski definition) is 0. The van der Waals surface area contributed by atoms with Crippen molar-refractivity contribution in [2.45, 2.75) is 18.2 Å². The molecule has 0 N–H and O–H groups in total. The normalized spacial score (nSPS) is 11.2. The SMILES string of the molecule is CN(CCOc1ccccc1Cl)C(=O)C(C)(C)Br. The van der Waals surface area contributed by atoms with E-state index in [1.807, 2.05) is 26.0 Å². The number of hydrogen-bond acceptors (Lipinski definition) is 2. The standard InChI is InChI=1S/C13H17BrClNO2/c1-13(2,14)12(17)16(3)8-9-18-11-7-5-4-6-10(11)15/h4-7H,8-9H2,1-3H3. The molecule has 3 nitrogen and oxygen atoms in total. The maximum absolute atomic E-state index is 11.9. The number of carbonyl (C=O) groups excluding carboxylic acids is 1. The molecule has 1 aromatic rings. The minimum Gasteiger partial charge on any atom is -0.490 e. The maximum Gasteiger partial charge on any atom is 0.238 e. The van der Waals surface area contributed by atoms with E-state index in [0.717, 1.165) is 0 Å².